The molecule has 0 saturated carbocycles. The van der Waals surface area contributed by atoms with E-state index in [1.54, 1.807) is 30.3 Å². The molecule has 0 spiro atoms. The molecule has 12 heteroatoms. The van der Waals surface area contributed by atoms with Crippen molar-refractivity contribution in [1.29, 1.82) is 5.26 Å². The van der Waals surface area contributed by atoms with Gasteiger partial charge in [-0.3, -0.25) is 9.69 Å². The summed E-state index contributed by atoms with van der Waals surface area (Å²) >= 11 is 0. The highest BCUT2D eigenvalue weighted by Gasteiger charge is 2.49. The first-order valence-corrected chi connectivity index (χ1v) is 16.6. The number of alkyl halides is 1. The molecule has 3 aliphatic rings. The minimum atomic E-state index is -1.11. The van der Waals surface area contributed by atoms with Crippen molar-refractivity contribution in [3.8, 4) is 23.2 Å². The molecule has 0 radical (unpaired) electrons. The molecule has 4 aromatic rings. The fraction of sp³-hybridized carbons (Fsp3) is 0.405. The number of hydrogen-bond donors (Lipinski definition) is 0. The maximum absolute atomic E-state index is 16.9. The average Bonchev–Trinajstić information content (AvgIpc) is 3.62. The molecule has 0 aliphatic carbocycles. The number of anilines is 1. The van der Waals surface area contributed by atoms with E-state index in [2.05, 4.69) is 22.5 Å². The number of nitriles is 1. The van der Waals surface area contributed by atoms with Crippen LogP contribution in [0.5, 0.6) is 6.01 Å². The zero-order chi connectivity index (χ0) is 34.4. The van der Waals surface area contributed by atoms with Gasteiger partial charge in [0.25, 0.3) is 5.91 Å². The number of amides is 1. The third kappa shape index (κ3) is 5.73. The number of hydrogen-bond acceptors (Lipinski definition) is 7. The van der Waals surface area contributed by atoms with Gasteiger partial charge < -0.3 is 14.5 Å². The molecule has 1 aromatic heterocycles. The highest BCUT2D eigenvalue weighted by molar-refractivity contribution is 6.02. The lowest BCUT2D eigenvalue weighted by Crippen LogP contribution is -2.55. The first-order valence-electron chi connectivity index (χ1n) is 16.6. The van der Waals surface area contributed by atoms with Crippen LogP contribution in [-0.2, 0) is 11.2 Å². The summed E-state index contributed by atoms with van der Waals surface area (Å²) in [7, 11) is 0. The van der Waals surface area contributed by atoms with Gasteiger partial charge in [-0.05, 0) is 59.8 Å². The molecule has 3 aliphatic heterocycles. The van der Waals surface area contributed by atoms with E-state index >= 15 is 4.39 Å². The summed E-state index contributed by atoms with van der Waals surface area (Å²) in [5.41, 5.74) is 0.705. The number of carbonyl (C=O) groups excluding carboxylic acids is 1. The minimum Gasteiger partial charge on any atom is -0.461 e. The summed E-state index contributed by atoms with van der Waals surface area (Å²) in [5.74, 6) is -2.68. The van der Waals surface area contributed by atoms with E-state index in [1.165, 1.54) is 11.0 Å². The second-order valence-electron chi connectivity index (χ2n) is 13.2. The number of rotatable bonds is 8. The predicted molar refractivity (Wildman–Crippen MR) is 179 cm³/mol. The molecular weight excluding hydrogens is 636 g/mol. The molecule has 0 unspecified atom stereocenters. The van der Waals surface area contributed by atoms with Crippen LogP contribution in [0.3, 0.4) is 0 Å². The van der Waals surface area contributed by atoms with Crippen LogP contribution in [0.2, 0.25) is 0 Å². The van der Waals surface area contributed by atoms with Crippen LogP contribution in [-0.4, -0.2) is 82.8 Å². The third-order valence-corrected chi connectivity index (χ3v) is 10.3. The molecule has 0 N–H and O–H groups in total. The minimum absolute atomic E-state index is 0.0213. The zero-order valence-corrected chi connectivity index (χ0v) is 27.2. The van der Waals surface area contributed by atoms with E-state index in [9.17, 15) is 23.2 Å². The molecule has 3 aromatic carbocycles. The standard InChI is InChI=1S/C37H36F4N6O2/c1-3-26-30(40)11-8-23-6-4-7-27(31(23)26)28-9-10-29-33(32(28)41)43-36(49-21-37-13-5-15-46(37)19-24(39)18-37)44-34(29)45-16-17-47(35(48)22(2)38)25(20-45)12-14-42/h4,6-11,24-25H,2-3,5,12-13,15-21H2,1H3/t24-,25+,37+/m1/s1. The van der Waals surface area contributed by atoms with E-state index in [-0.39, 0.29) is 55.6 Å². The number of nitrogens with zero attached hydrogens (tertiary/aromatic N) is 6. The number of aryl methyl sites for hydroxylation is 1. The molecule has 3 atom stereocenters. The van der Waals surface area contributed by atoms with Gasteiger partial charge in [-0.15, -0.1) is 0 Å². The summed E-state index contributed by atoms with van der Waals surface area (Å²) < 4.78 is 66.6. The Morgan fingerprint density at radius 1 is 1.10 bits per heavy atom. The van der Waals surface area contributed by atoms with Crippen molar-refractivity contribution in [2.45, 2.75) is 56.8 Å². The van der Waals surface area contributed by atoms with Gasteiger partial charge in [0.05, 0.1) is 24.1 Å². The second-order valence-corrected chi connectivity index (χ2v) is 13.2. The molecule has 3 saturated heterocycles. The largest absolute Gasteiger partial charge is 0.461 e. The van der Waals surface area contributed by atoms with Crippen LogP contribution in [0.25, 0.3) is 32.8 Å². The predicted octanol–water partition coefficient (Wildman–Crippen LogP) is 6.66. The van der Waals surface area contributed by atoms with Crippen LogP contribution in [0.1, 0.15) is 38.2 Å². The Labute approximate surface area is 281 Å². The van der Waals surface area contributed by atoms with Gasteiger partial charge in [0.15, 0.2) is 11.6 Å². The average molecular weight is 673 g/mol. The Morgan fingerprint density at radius 3 is 2.71 bits per heavy atom. The monoisotopic (exact) mass is 672 g/mol. The fourth-order valence-corrected chi connectivity index (χ4v) is 8.04. The Morgan fingerprint density at radius 2 is 1.94 bits per heavy atom. The Kier molecular flexibility index (Phi) is 8.65. The first-order chi connectivity index (χ1) is 23.6. The zero-order valence-electron chi connectivity index (χ0n) is 27.2. The fourth-order valence-electron chi connectivity index (χ4n) is 8.04. The van der Waals surface area contributed by atoms with Crippen molar-refractivity contribution in [3.63, 3.8) is 0 Å². The number of piperazine rings is 1. The van der Waals surface area contributed by atoms with E-state index < -0.39 is 35.3 Å². The number of benzene rings is 3. The molecule has 7 rings (SSSR count). The molecule has 0 bridgehead atoms. The number of fused-ring (bicyclic) bond motifs is 3. The maximum Gasteiger partial charge on any atom is 0.319 e. The SMILES string of the molecule is C=C(F)C(=O)N1CCN(c2nc(OC[C@@]34CCCN3C[C@H](F)C4)nc3c(F)c(-c4cccc5ccc(F)c(CC)c45)ccc23)C[C@@H]1CC#N. The highest BCUT2D eigenvalue weighted by Crippen LogP contribution is 2.42. The second kappa shape index (κ2) is 12.9. The van der Waals surface area contributed by atoms with Crippen molar-refractivity contribution in [2.24, 2.45) is 0 Å². The normalized spacial score (nSPS) is 22.4. The van der Waals surface area contributed by atoms with Crippen LogP contribution < -0.4 is 9.64 Å². The van der Waals surface area contributed by atoms with Crippen molar-refractivity contribution < 1.29 is 27.1 Å². The van der Waals surface area contributed by atoms with Gasteiger partial charge >= 0.3 is 6.01 Å². The lowest BCUT2D eigenvalue weighted by molar-refractivity contribution is -0.131. The summed E-state index contributed by atoms with van der Waals surface area (Å²) in [6.07, 6.45) is 1.38. The van der Waals surface area contributed by atoms with Gasteiger partial charge in [0.2, 0.25) is 0 Å². The number of halogens is 4. The summed E-state index contributed by atoms with van der Waals surface area (Å²) in [4.78, 5) is 27.1. The van der Waals surface area contributed by atoms with Gasteiger partial charge in [-0.25, -0.2) is 17.6 Å². The van der Waals surface area contributed by atoms with E-state index in [4.69, 9.17) is 9.72 Å². The highest BCUT2D eigenvalue weighted by atomic mass is 19.1. The van der Waals surface area contributed by atoms with E-state index in [0.717, 1.165) is 24.8 Å². The topological polar surface area (TPSA) is 85.6 Å². The van der Waals surface area contributed by atoms with E-state index in [0.29, 0.717) is 47.1 Å². The summed E-state index contributed by atoms with van der Waals surface area (Å²) in [6, 6.07) is 13.1. The molecular formula is C37H36F4N6O2. The quantitative estimate of drug-likeness (QED) is 0.153. The van der Waals surface area contributed by atoms with Crippen LogP contribution in [0.15, 0.2) is 54.9 Å². The van der Waals surface area contributed by atoms with Crippen molar-refractivity contribution in [1.82, 2.24) is 19.8 Å². The molecule has 49 heavy (non-hydrogen) atoms. The molecule has 4 heterocycles. The Bertz CT molecular complexity index is 2020. The lowest BCUT2D eigenvalue weighted by Gasteiger charge is -2.41. The maximum atomic E-state index is 16.9. The lowest BCUT2D eigenvalue weighted by atomic mass is 9.92. The van der Waals surface area contributed by atoms with Crippen LogP contribution in [0, 0.1) is 23.0 Å². The molecule has 254 valence electrons. The van der Waals surface area contributed by atoms with E-state index in [1.807, 2.05) is 17.9 Å². The molecule has 1 amide bonds. The van der Waals surface area contributed by atoms with Crippen molar-refractivity contribution in [2.75, 3.05) is 44.2 Å². The summed E-state index contributed by atoms with van der Waals surface area (Å²) in [5, 5.41) is 11.3. The van der Waals surface area contributed by atoms with Crippen molar-refractivity contribution in [3.05, 3.63) is 72.1 Å². The van der Waals surface area contributed by atoms with Crippen LogP contribution in [0.4, 0.5) is 23.4 Å². The third-order valence-electron chi connectivity index (χ3n) is 10.3. The molecule has 8 nitrogen and oxygen atoms in total. The number of ether oxygens (including phenoxy) is 1. The van der Waals surface area contributed by atoms with Crippen molar-refractivity contribution >= 4 is 33.4 Å². The smallest absolute Gasteiger partial charge is 0.319 e. The van der Waals surface area contributed by atoms with Gasteiger partial charge in [-0.2, -0.15) is 15.2 Å². The van der Waals surface area contributed by atoms with Gasteiger partial charge in [0, 0.05) is 43.5 Å². The first kappa shape index (κ1) is 32.8. The Balaban J connectivity index is 1.34. The number of aromatic nitrogens is 2. The summed E-state index contributed by atoms with van der Waals surface area (Å²) in [6.45, 7) is 6.62. The Hall–Kier alpha value is -4.76. The molecule has 3 fully saturated rings. The van der Waals surface area contributed by atoms with Gasteiger partial charge in [0.1, 0.15) is 29.9 Å². The number of carbonyl (C=O) groups is 1. The van der Waals surface area contributed by atoms with Crippen LogP contribution >= 0.6 is 0 Å². The van der Waals surface area contributed by atoms with Gasteiger partial charge in [-0.1, -0.05) is 43.8 Å².